The molecular formula is C13H19N3OS. The van der Waals surface area contributed by atoms with E-state index in [2.05, 4.69) is 15.8 Å². The summed E-state index contributed by atoms with van der Waals surface area (Å²) in [6.45, 7) is 6.73. The van der Waals surface area contributed by atoms with Crippen LogP contribution < -0.4 is 15.5 Å². The zero-order valence-electron chi connectivity index (χ0n) is 10.9. The number of thiocarbonyl (C=S) groups is 1. The normalized spacial score (nSPS) is 10.7. The summed E-state index contributed by atoms with van der Waals surface area (Å²) in [5, 5.41) is 7.53. The number of benzene rings is 1. The summed E-state index contributed by atoms with van der Waals surface area (Å²) in [4.78, 5) is 0. The minimum atomic E-state index is 0.135. The first kappa shape index (κ1) is 14.4. The number of hydrogen-bond donors (Lipinski definition) is 2. The Morgan fingerprint density at radius 3 is 2.83 bits per heavy atom. The average Bonchev–Trinajstić information content (AvgIpc) is 2.31. The molecule has 0 fully saturated rings. The predicted octanol–water partition coefficient (Wildman–Crippen LogP) is 2.29. The quantitative estimate of drug-likeness (QED) is 0.487. The van der Waals surface area contributed by atoms with Crippen molar-refractivity contribution < 1.29 is 4.74 Å². The van der Waals surface area contributed by atoms with Gasteiger partial charge in [-0.15, -0.1) is 0 Å². The minimum absolute atomic E-state index is 0.135. The monoisotopic (exact) mass is 265 g/mol. The summed E-state index contributed by atoms with van der Waals surface area (Å²) in [6.07, 6.45) is 1.83. The molecule has 0 atom stereocenters. The van der Waals surface area contributed by atoms with Crippen LogP contribution in [0.1, 0.15) is 26.3 Å². The van der Waals surface area contributed by atoms with Gasteiger partial charge in [-0.05, 0) is 45.1 Å². The van der Waals surface area contributed by atoms with Gasteiger partial charge in [0.2, 0.25) is 0 Å². The van der Waals surface area contributed by atoms with Crippen molar-refractivity contribution in [3.8, 4) is 5.75 Å². The third-order valence-electron chi connectivity index (χ3n) is 1.99. The number of nitrogens with zero attached hydrogens (tertiary/aromatic N) is 1. The van der Waals surface area contributed by atoms with Gasteiger partial charge in [-0.3, -0.25) is 5.43 Å². The SMILES string of the molecule is CCNC(=S)NN=Cc1ccccc1OC(C)C. The van der Waals surface area contributed by atoms with E-state index in [9.17, 15) is 0 Å². The van der Waals surface area contributed by atoms with Crippen molar-refractivity contribution in [3.63, 3.8) is 0 Å². The molecule has 0 saturated heterocycles. The fourth-order valence-corrected chi connectivity index (χ4v) is 1.51. The second-order valence-electron chi connectivity index (χ2n) is 3.93. The number of rotatable bonds is 5. The van der Waals surface area contributed by atoms with Crippen LogP contribution in [0.5, 0.6) is 5.75 Å². The molecule has 0 spiro atoms. The van der Waals surface area contributed by atoms with E-state index in [-0.39, 0.29) is 6.10 Å². The fourth-order valence-electron chi connectivity index (χ4n) is 1.31. The molecule has 5 heteroatoms. The lowest BCUT2D eigenvalue weighted by Gasteiger charge is -2.11. The molecule has 0 unspecified atom stereocenters. The fraction of sp³-hybridized carbons (Fsp3) is 0.385. The summed E-state index contributed by atoms with van der Waals surface area (Å²) in [5.41, 5.74) is 3.66. The lowest BCUT2D eigenvalue weighted by molar-refractivity contribution is 0.242. The second-order valence-corrected chi connectivity index (χ2v) is 4.34. The van der Waals surface area contributed by atoms with Gasteiger partial charge in [-0.2, -0.15) is 5.10 Å². The maximum absolute atomic E-state index is 5.68. The van der Waals surface area contributed by atoms with E-state index in [0.29, 0.717) is 5.11 Å². The Balaban J connectivity index is 2.65. The summed E-state index contributed by atoms with van der Waals surface area (Å²) in [5.74, 6) is 0.812. The zero-order chi connectivity index (χ0) is 13.4. The Hall–Kier alpha value is -1.62. The summed E-state index contributed by atoms with van der Waals surface area (Å²) in [7, 11) is 0. The van der Waals surface area contributed by atoms with Gasteiger partial charge in [-0.1, -0.05) is 12.1 Å². The maximum atomic E-state index is 5.68. The number of hydrogen-bond acceptors (Lipinski definition) is 3. The molecular weight excluding hydrogens is 246 g/mol. The van der Waals surface area contributed by atoms with E-state index in [0.717, 1.165) is 17.9 Å². The van der Waals surface area contributed by atoms with Gasteiger partial charge in [-0.25, -0.2) is 0 Å². The van der Waals surface area contributed by atoms with Crippen LogP contribution in [0.2, 0.25) is 0 Å². The van der Waals surface area contributed by atoms with Crippen molar-refractivity contribution in [2.45, 2.75) is 26.9 Å². The molecule has 0 aliphatic rings. The second kappa shape index (κ2) is 7.66. The van der Waals surface area contributed by atoms with E-state index in [1.807, 2.05) is 45.0 Å². The summed E-state index contributed by atoms with van der Waals surface area (Å²) >= 11 is 5.00. The van der Waals surface area contributed by atoms with Crippen molar-refractivity contribution in [2.24, 2.45) is 5.10 Å². The lowest BCUT2D eigenvalue weighted by atomic mass is 10.2. The van der Waals surface area contributed by atoms with Crippen LogP contribution in [0.3, 0.4) is 0 Å². The van der Waals surface area contributed by atoms with Crippen LogP contribution in [0.4, 0.5) is 0 Å². The molecule has 0 saturated carbocycles. The van der Waals surface area contributed by atoms with Gasteiger partial charge in [0.05, 0.1) is 12.3 Å². The van der Waals surface area contributed by atoms with Crippen LogP contribution in [0.15, 0.2) is 29.4 Å². The molecule has 0 radical (unpaired) electrons. The molecule has 98 valence electrons. The van der Waals surface area contributed by atoms with Gasteiger partial charge >= 0.3 is 0 Å². The number of hydrazone groups is 1. The van der Waals surface area contributed by atoms with Gasteiger partial charge in [0.15, 0.2) is 5.11 Å². The van der Waals surface area contributed by atoms with Crippen molar-refractivity contribution in [1.82, 2.24) is 10.7 Å². The lowest BCUT2D eigenvalue weighted by Crippen LogP contribution is -2.31. The van der Waals surface area contributed by atoms with E-state index in [4.69, 9.17) is 17.0 Å². The van der Waals surface area contributed by atoms with E-state index in [1.165, 1.54) is 0 Å². The largest absolute Gasteiger partial charge is 0.490 e. The standard InChI is InChI=1S/C13H19N3OS/c1-4-14-13(18)16-15-9-11-7-5-6-8-12(11)17-10(2)3/h5-10H,4H2,1-3H3,(H2,14,16,18). The Morgan fingerprint density at radius 1 is 1.44 bits per heavy atom. The molecule has 18 heavy (non-hydrogen) atoms. The van der Waals surface area contributed by atoms with Gasteiger partial charge in [0.25, 0.3) is 0 Å². The molecule has 1 rings (SSSR count). The van der Waals surface area contributed by atoms with Crippen LogP contribution in [-0.2, 0) is 0 Å². The molecule has 0 aliphatic carbocycles. The Labute approximate surface area is 113 Å². The first-order valence-corrected chi connectivity index (χ1v) is 6.37. The highest BCUT2D eigenvalue weighted by Gasteiger charge is 2.02. The molecule has 0 aliphatic heterocycles. The van der Waals surface area contributed by atoms with Gasteiger partial charge in [0.1, 0.15) is 5.75 Å². The van der Waals surface area contributed by atoms with Crippen molar-refractivity contribution in [2.75, 3.05) is 6.54 Å². The molecule has 2 N–H and O–H groups in total. The maximum Gasteiger partial charge on any atom is 0.186 e. The highest BCUT2D eigenvalue weighted by molar-refractivity contribution is 7.80. The Bertz CT molecular complexity index is 418. The first-order chi connectivity index (χ1) is 8.63. The molecule has 4 nitrogen and oxygen atoms in total. The average molecular weight is 265 g/mol. The number of ether oxygens (including phenoxy) is 1. The molecule has 1 aromatic rings. The highest BCUT2D eigenvalue weighted by Crippen LogP contribution is 2.17. The van der Waals surface area contributed by atoms with Crippen LogP contribution in [0, 0.1) is 0 Å². The molecule has 0 heterocycles. The topological polar surface area (TPSA) is 45.7 Å². The first-order valence-electron chi connectivity index (χ1n) is 5.96. The smallest absolute Gasteiger partial charge is 0.186 e. The Morgan fingerprint density at radius 2 is 2.17 bits per heavy atom. The molecule has 0 bridgehead atoms. The van der Waals surface area contributed by atoms with Crippen molar-refractivity contribution >= 4 is 23.5 Å². The molecule has 0 aromatic heterocycles. The van der Waals surface area contributed by atoms with Crippen LogP contribution in [-0.4, -0.2) is 24.0 Å². The van der Waals surface area contributed by atoms with E-state index < -0.39 is 0 Å². The van der Waals surface area contributed by atoms with Crippen molar-refractivity contribution in [3.05, 3.63) is 29.8 Å². The van der Waals surface area contributed by atoms with Crippen molar-refractivity contribution in [1.29, 1.82) is 0 Å². The highest BCUT2D eigenvalue weighted by atomic mass is 32.1. The van der Waals surface area contributed by atoms with Crippen LogP contribution >= 0.6 is 12.2 Å². The molecule has 1 aromatic carbocycles. The number of nitrogens with one attached hydrogen (secondary N) is 2. The number of para-hydroxylation sites is 1. The van der Waals surface area contributed by atoms with Crippen LogP contribution in [0.25, 0.3) is 0 Å². The predicted molar refractivity (Wildman–Crippen MR) is 79.2 cm³/mol. The Kier molecular flexibility index (Phi) is 6.14. The van der Waals surface area contributed by atoms with E-state index in [1.54, 1.807) is 6.21 Å². The minimum Gasteiger partial charge on any atom is -0.490 e. The molecule has 0 amide bonds. The third-order valence-corrected chi connectivity index (χ3v) is 2.22. The third kappa shape index (κ3) is 5.14. The van der Waals surface area contributed by atoms with Gasteiger partial charge in [0, 0.05) is 12.1 Å². The zero-order valence-corrected chi connectivity index (χ0v) is 11.8. The van der Waals surface area contributed by atoms with E-state index >= 15 is 0 Å². The summed E-state index contributed by atoms with van der Waals surface area (Å²) < 4.78 is 5.68. The van der Waals surface area contributed by atoms with Gasteiger partial charge < -0.3 is 10.1 Å². The summed E-state index contributed by atoms with van der Waals surface area (Å²) in [6, 6.07) is 7.74.